The van der Waals surface area contributed by atoms with Gasteiger partial charge in [0.25, 0.3) is 0 Å². The van der Waals surface area contributed by atoms with Gasteiger partial charge in [-0.15, -0.1) is 0 Å². The molecule has 2 aromatic rings. The van der Waals surface area contributed by atoms with Gasteiger partial charge in [0.2, 0.25) is 0 Å². The fourth-order valence-corrected chi connectivity index (χ4v) is 2.43. The van der Waals surface area contributed by atoms with Gasteiger partial charge >= 0.3 is 0 Å². The van der Waals surface area contributed by atoms with Crippen molar-refractivity contribution in [3.05, 3.63) is 53.6 Å². The lowest BCUT2D eigenvalue weighted by Gasteiger charge is -2.20. The molecule has 1 atom stereocenters. The highest BCUT2D eigenvalue weighted by molar-refractivity contribution is 5.29. The summed E-state index contributed by atoms with van der Waals surface area (Å²) in [4.78, 5) is 4.40. The van der Waals surface area contributed by atoms with Crippen LogP contribution >= 0.6 is 0 Å². The van der Waals surface area contributed by atoms with Crippen molar-refractivity contribution >= 4 is 0 Å². The van der Waals surface area contributed by atoms with Crippen LogP contribution < -0.4 is 5.32 Å². The summed E-state index contributed by atoms with van der Waals surface area (Å²) in [5.41, 5.74) is 2.90. The molecule has 114 valence electrons. The molecule has 21 heavy (non-hydrogen) atoms. The van der Waals surface area contributed by atoms with Gasteiger partial charge in [0, 0.05) is 25.0 Å². The van der Waals surface area contributed by atoms with Gasteiger partial charge in [-0.1, -0.05) is 45.0 Å². The van der Waals surface area contributed by atoms with Crippen molar-refractivity contribution in [1.29, 1.82) is 0 Å². The van der Waals surface area contributed by atoms with Crippen LogP contribution in [0, 0.1) is 0 Å². The lowest BCUT2D eigenvalue weighted by atomic mass is 9.86. The first-order valence-electron chi connectivity index (χ1n) is 7.75. The summed E-state index contributed by atoms with van der Waals surface area (Å²) < 4.78 is 2.17. The average molecular weight is 285 g/mol. The molecule has 2 rings (SSSR count). The van der Waals surface area contributed by atoms with Crippen LogP contribution in [0.1, 0.15) is 57.6 Å². The normalized spacial score (nSPS) is 13.4. The minimum atomic E-state index is 0.209. The molecule has 3 heteroatoms. The van der Waals surface area contributed by atoms with E-state index in [1.54, 1.807) is 0 Å². The van der Waals surface area contributed by atoms with Crippen molar-refractivity contribution in [1.82, 2.24) is 14.9 Å². The molecular formula is C18H27N3. The Morgan fingerprint density at radius 2 is 1.86 bits per heavy atom. The summed E-state index contributed by atoms with van der Waals surface area (Å²) in [6.45, 7) is 12.8. The second kappa shape index (κ2) is 6.44. The molecule has 0 amide bonds. The monoisotopic (exact) mass is 285 g/mol. The van der Waals surface area contributed by atoms with Crippen LogP contribution in [0.15, 0.2) is 36.7 Å². The molecule has 0 bridgehead atoms. The van der Waals surface area contributed by atoms with E-state index in [2.05, 4.69) is 73.8 Å². The maximum atomic E-state index is 4.40. The Balaban J connectivity index is 1.99. The second-order valence-corrected chi connectivity index (χ2v) is 6.60. The number of hydrogen-bond donors (Lipinski definition) is 1. The zero-order chi connectivity index (χ0) is 15.5. The minimum Gasteiger partial charge on any atom is -0.334 e. The van der Waals surface area contributed by atoms with Crippen LogP contribution in [-0.2, 0) is 18.5 Å². The van der Waals surface area contributed by atoms with Crippen LogP contribution in [0.3, 0.4) is 0 Å². The maximum Gasteiger partial charge on any atom is 0.122 e. The Kier molecular flexibility index (Phi) is 4.84. The van der Waals surface area contributed by atoms with Gasteiger partial charge in [-0.05, 0) is 30.4 Å². The number of aromatic nitrogens is 2. The number of imidazole rings is 1. The summed E-state index contributed by atoms with van der Waals surface area (Å²) in [5.74, 6) is 1.09. The number of hydrogen-bond acceptors (Lipinski definition) is 2. The third kappa shape index (κ3) is 3.94. The molecule has 0 aliphatic carbocycles. The van der Waals surface area contributed by atoms with E-state index < -0.39 is 0 Å². The van der Waals surface area contributed by atoms with Crippen LogP contribution in [-0.4, -0.2) is 9.55 Å². The lowest BCUT2D eigenvalue weighted by molar-refractivity contribution is 0.539. The molecule has 0 aliphatic rings. The van der Waals surface area contributed by atoms with Gasteiger partial charge in [0.1, 0.15) is 5.82 Å². The predicted octanol–water partition coefficient (Wildman–Crippen LogP) is 4.05. The number of rotatable bonds is 5. The highest BCUT2D eigenvalue weighted by Gasteiger charge is 2.14. The number of nitrogens with zero attached hydrogens (tertiary/aromatic N) is 2. The summed E-state index contributed by atoms with van der Waals surface area (Å²) in [6, 6.07) is 9.25. The van der Waals surface area contributed by atoms with E-state index in [-0.39, 0.29) is 5.41 Å². The standard InChI is InChI=1S/C18H27N3/c1-6-21-12-11-19-17(21)13-20-14(2)15-7-9-16(10-8-15)18(3,4)5/h7-12,14,20H,6,13H2,1-5H3. The Bertz CT molecular complexity index is 561. The van der Waals surface area contributed by atoms with Crippen molar-refractivity contribution in [3.8, 4) is 0 Å². The van der Waals surface area contributed by atoms with E-state index in [9.17, 15) is 0 Å². The minimum absolute atomic E-state index is 0.209. The molecule has 0 fully saturated rings. The Hall–Kier alpha value is -1.61. The second-order valence-electron chi connectivity index (χ2n) is 6.60. The Morgan fingerprint density at radius 3 is 2.43 bits per heavy atom. The predicted molar refractivity (Wildman–Crippen MR) is 88.3 cm³/mol. The first-order chi connectivity index (χ1) is 9.91. The zero-order valence-electron chi connectivity index (χ0n) is 13.9. The number of aryl methyl sites for hydroxylation is 1. The van der Waals surface area contributed by atoms with E-state index in [0.717, 1.165) is 18.9 Å². The molecule has 1 aromatic heterocycles. The smallest absolute Gasteiger partial charge is 0.122 e. The zero-order valence-corrected chi connectivity index (χ0v) is 13.9. The summed E-state index contributed by atoms with van der Waals surface area (Å²) >= 11 is 0. The van der Waals surface area contributed by atoms with E-state index in [1.165, 1.54) is 11.1 Å². The van der Waals surface area contributed by atoms with E-state index in [4.69, 9.17) is 0 Å². The quantitative estimate of drug-likeness (QED) is 0.898. The largest absolute Gasteiger partial charge is 0.334 e. The topological polar surface area (TPSA) is 29.9 Å². The Labute approximate surface area is 128 Å². The summed E-state index contributed by atoms with van der Waals surface area (Å²) in [6.07, 6.45) is 3.89. The van der Waals surface area contributed by atoms with Gasteiger partial charge in [0.05, 0.1) is 6.54 Å². The van der Waals surface area contributed by atoms with Crippen LogP contribution in [0.5, 0.6) is 0 Å². The van der Waals surface area contributed by atoms with Crippen molar-refractivity contribution < 1.29 is 0 Å². The summed E-state index contributed by atoms with van der Waals surface area (Å²) in [5, 5.41) is 3.55. The Morgan fingerprint density at radius 1 is 1.19 bits per heavy atom. The molecule has 0 aliphatic heterocycles. The van der Waals surface area contributed by atoms with Crippen molar-refractivity contribution in [2.24, 2.45) is 0 Å². The van der Waals surface area contributed by atoms with Crippen molar-refractivity contribution in [2.75, 3.05) is 0 Å². The molecule has 1 aromatic carbocycles. The highest BCUT2D eigenvalue weighted by Crippen LogP contribution is 2.23. The molecule has 0 saturated carbocycles. The first kappa shape index (κ1) is 15.8. The molecule has 1 heterocycles. The highest BCUT2D eigenvalue weighted by atomic mass is 15.1. The van der Waals surface area contributed by atoms with Gasteiger partial charge in [0.15, 0.2) is 0 Å². The molecule has 3 nitrogen and oxygen atoms in total. The van der Waals surface area contributed by atoms with E-state index in [1.807, 2.05) is 12.4 Å². The van der Waals surface area contributed by atoms with Gasteiger partial charge in [-0.25, -0.2) is 4.98 Å². The fourth-order valence-electron chi connectivity index (χ4n) is 2.43. The SMILES string of the molecule is CCn1ccnc1CNC(C)c1ccc(C(C)(C)C)cc1. The average Bonchev–Trinajstić information content (AvgIpc) is 2.91. The number of nitrogens with one attached hydrogen (secondary N) is 1. The summed E-state index contributed by atoms with van der Waals surface area (Å²) in [7, 11) is 0. The molecule has 0 spiro atoms. The van der Waals surface area contributed by atoms with E-state index in [0.29, 0.717) is 6.04 Å². The van der Waals surface area contributed by atoms with Crippen LogP contribution in [0.25, 0.3) is 0 Å². The third-order valence-corrected chi connectivity index (χ3v) is 3.99. The number of benzene rings is 1. The maximum absolute atomic E-state index is 4.40. The molecule has 0 radical (unpaired) electrons. The molecule has 0 saturated heterocycles. The fraction of sp³-hybridized carbons (Fsp3) is 0.500. The lowest BCUT2D eigenvalue weighted by Crippen LogP contribution is -2.21. The van der Waals surface area contributed by atoms with Gasteiger partial charge in [-0.3, -0.25) is 0 Å². The molecule has 1 unspecified atom stereocenters. The molecular weight excluding hydrogens is 258 g/mol. The van der Waals surface area contributed by atoms with E-state index >= 15 is 0 Å². The van der Waals surface area contributed by atoms with Crippen LogP contribution in [0.4, 0.5) is 0 Å². The molecule has 1 N–H and O–H groups in total. The van der Waals surface area contributed by atoms with Gasteiger partial charge < -0.3 is 9.88 Å². The first-order valence-corrected chi connectivity index (χ1v) is 7.75. The third-order valence-electron chi connectivity index (χ3n) is 3.99. The van der Waals surface area contributed by atoms with Crippen LogP contribution in [0.2, 0.25) is 0 Å². The van der Waals surface area contributed by atoms with Crippen molar-refractivity contribution in [2.45, 2.75) is 59.2 Å². The van der Waals surface area contributed by atoms with Gasteiger partial charge in [-0.2, -0.15) is 0 Å². The van der Waals surface area contributed by atoms with Crippen molar-refractivity contribution in [3.63, 3.8) is 0 Å².